The third-order valence-electron chi connectivity index (χ3n) is 4.30. The number of nitrogens with one attached hydrogen (secondary N) is 1. The average molecular weight is 356 g/mol. The second-order valence-electron chi connectivity index (χ2n) is 5.99. The fourth-order valence-electron chi connectivity index (χ4n) is 2.84. The topological polar surface area (TPSA) is 39.1 Å². The summed E-state index contributed by atoms with van der Waals surface area (Å²) < 4.78 is 7.16. The number of halogens is 1. The monoisotopic (exact) mass is 355 g/mol. The van der Waals surface area contributed by atoms with E-state index in [4.69, 9.17) is 16.3 Å². The first-order chi connectivity index (χ1) is 12.1. The normalized spacial score (nSPS) is 10.9. The third kappa shape index (κ3) is 4.03. The molecule has 4 nitrogen and oxygen atoms in total. The molecule has 1 aromatic heterocycles. The van der Waals surface area contributed by atoms with Gasteiger partial charge >= 0.3 is 0 Å². The first-order valence-corrected chi connectivity index (χ1v) is 8.61. The molecule has 2 aromatic carbocycles. The molecular formula is C20H22ClN3O. The predicted octanol–water partition coefficient (Wildman–Crippen LogP) is 4.44. The fraction of sp³-hybridized carbons (Fsp3) is 0.250. The molecule has 25 heavy (non-hydrogen) atoms. The van der Waals surface area contributed by atoms with Crippen LogP contribution in [-0.2, 0) is 13.1 Å². The predicted molar refractivity (Wildman–Crippen MR) is 102 cm³/mol. The highest BCUT2D eigenvalue weighted by Gasteiger charge is 2.12. The van der Waals surface area contributed by atoms with E-state index in [1.54, 1.807) is 7.11 Å². The lowest BCUT2D eigenvalue weighted by Gasteiger charge is -2.08. The summed E-state index contributed by atoms with van der Waals surface area (Å²) in [4.78, 5) is 0. The van der Waals surface area contributed by atoms with Crippen LogP contribution in [0, 0.1) is 13.8 Å². The maximum absolute atomic E-state index is 5.97. The van der Waals surface area contributed by atoms with Gasteiger partial charge in [0.2, 0.25) is 0 Å². The molecule has 0 fully saturated rings. The van der Waals surface area contributed by atoms with Crippen molar-refractivity contribution >= 4 is 11.6 Å². The number of hydrogen-bond donors (Lipinski definition) is 1. The number of aromatic nitrogens is 2. The van der Waals surface area contributed by atoms with E-state index >= 15 is 0 Å². The summed E-state index contributed by atoms with van der Waals surface area (Å²) in [5.74, 6) is 0.875. The van der Waals surface area contributed by atoms with Gasteiger partial charge in [-0.1, -0.05) is 23.7 Å². The molecule has 0 unspecified atom stereocenters. The lowest BCUT2D eigenvalue weighted by Crippen LogP contribution is -2.14. The van der Waals surface area contributed by atoms with Gasteiger partial charge in [0.15, 0.2) is 0 Å². The van der Waals surface area contributed by atoms with Gasteiger partial charge in [-0.15, -0.1) is 0 Å². The van der Waals surface area contributed by atoms with Gasteiger partial charge in [0.1, 0.15) is 5.75 Å². The Kier molecular flexibility index (Phi) is 5.41. The molecule has 0 aliphatic rings. The van der Waals surface area contributed by atoms with Gasteiger partial charge in [0.05, 0.1) is 18.5 Å². The Bertz CT molecular complexity index is 839. The summed E-state index contributed by atoms with van der Waals surface area (Å²) in [6.45, 7) is 5.72. The zero-order valence-electron chi connectivity index (χ0n) is 14.7. The maximum atomic E-state index is 5.97. The minimum absolute atomic E-state index is 0.728. The Morgan fingerprint density at radius 3 is 2.32 bits per heavy atom. The van der Waals surface area contributed by atoms with E-state index < -0.39 is 0 Å². The van der Waals surface area contributed by atoms with E-state index in [9.17, 15) is 0 Å². The molecule has 3 rings (SSSR count). The van der Waals surface area contributed by atoms with Crippen molar-refractivity contribution in [2.75, 3.05) is 7.11 Å². The fourth-order valence-corrected chi connectivity index (χ4v) is 2.97. The number of benzene rings is 2. The highest BCUT2D eigenvalue weighted by atomic mass is 35.5. The Morgan fingerprint density at radius 1 is 1.00 bits per heavy atom. The third-order valence-corrected chi connectivity index (χ3v) is 4.55. The average Bonchev–Trinajstić information content (AvgIpc) is 2.91. The smallest absolute Gasteiger partial charge is 0.118 e. The molecule has 0 saturated heterocycles. The van der Waals surface area contributed by atoms with Gasteiger partial charge in [0, 0.05) is 29.4 Å². The Balaban J connectivity index is 1.69. The zero-order valence-corrected chi connectivity index (χ0v) is 15.5. The molecule has 3 aromatic rings. The van der Waals surface area contributed by atoms with Gasteiger partial charge in [-0.3, -0.25) is 0 Å². The standard InChI is InChI=1S/C20H22ClN3O/c1-14-20(13-22-12-16-4-10-19(25-3)11-5-16)15(2)24(23-14)18-8-6-17(21)7-9-18/h4-11,22H,12-13H2,1-3H3. The van der Waals surface area contributed by atoms with Crippen LogP contribution in [0.3, 0.4) is 0 Å². The van der Waals surface area contributed by atoms with Gasteiger partial charge in [-0.05, 0) is 55.8 Å². The van der Waals surface area contributed by atoms with Crippen molar-refractivity contribution < 1.29 is 4.74 Å². The van der Waals surface area contributed by atoms with E-state index in [0.717, 1.165) is 40.9 Å². The van der Waals surface area contributed by atoms with Crippen molar-refractivity contribution in [1.82, 2.24) is 15.1 Å². The van der Waals surface area contributed by atoms with Crippen LogP contribution >= 0.6 is 11.6 Å². The second kappa shape index (κ2) is 7.72. The van der Waals surface area contributed by atoms with Crippen molar-refractivity contribution in [2.24, 2.45) is 0 Å². The lowest BCUT2D eigenvalue weighted by molar-refractivity contribution is 0.414. The second-order valence-corrected chi connectivity index (χ2v) is 6.43. The largest absolute Gasteiger partial charge is 0.497 e. The number of ether oxygens (including phenoxy) is 1. The van der Waals surface area contributed by atoms with Crippen LogP contribution < -0.4 is 10.1 Å². The van der Waals surface area contributed by atoms with Crippen LogP contribution in [0.5, 0.6) is 5.75 Å². The van der Waals surface area contributed by atoms with Crippen molar-refractivity contribution in [3.8, 4) is 11.4 Å². The van der Waals surface area contributed by atoms with E-state index in [-0.39, 0.29) is 0 Å². The van der Waals surface area contributed by atoms with Gasteiger partial charge in [0.25, 0.3) is 0 Å². The van der Waals surface area contributed by atoms with Crippen molar-refractivity contribution in [3.63, 3.8) is 0 Å². The Morgan fingerprint density at radius 2 is 1.68 bits per heavy atom. The van der Waals surface area contributed by atoms with Crippen LogP contribution in [-0.4, -0.2) is 16.9 Å². The molecule has 0 aliphatic heterocycles. The van der Waals surface area contributed by atoms with Crippen LogP contribution in [0.15, 0.2) is 48.5 Å². The zero-order chi connectivity index (χ0) is 17.8. The molecule has 0 spiro atoms. The number of hydrogen-bond acceptors (Lipinski definition) is 3. The van der Waals surface area contributed by atoms with Crippen LogP contribution in [0.1, 0.15) is 22.5 Å². The summed E-state index contributed by atoms with van der Waals surface area (Å²) in [5, 5.41) is 8.90. The first-order valence-electron chi connectivity index (χ1n) is 8.23. The molecule has 0 radical (unpaired) electrons. The Labute approximate surface area is 153 Å². The highest BCUT2D eigenvalue weighted by molar-refractivity contribution is 6.30. The minimum atomic E-state index is 0.728. The van der Waals surface area contributed by atoms with Crippen molar-refractivity contribution in [2.45, 2.75) is 26.9 Å². The summed E-state index contributed by atoms with van der Waals surface area (Å²) in [5.41, 5.74) is 5.65. The molecular weight excluding hydrogens is 334 g/mol. The maximum Gasteiger partial charge on any atom is 0.118 e. The quantitative estimate of drug-likeness (QED) is 0.710. The molecule has 1 N–H and O–H groups in total. The molecule has 0 amide bonds. The molecule has 0 atom stereocenters. The summed E-state index contributed by atoms with van der Waals surface area (Å²) in [6.07, 6.45) is 0. The molecule has 5 heteroatoms. The van der Waals surface area contributed by atoms with E-state index in [1.807, 2.05) is 48.0 Å². The summed E-state index contributed by atoms with van der Waals surface area (Å²) in [7, 11) is 1.68. The van der Waals surface area contributed by atoms with Crippen molar-refractivity contribution in [3.05, 3.63) is 76.1 Å². The van der Waals surface area contributed by atoms with Crippen LogP contribution in [0.25, 0.3) is 5.69 Å². The van der Waals surface area contributed by atoms with E-state index in [2.05, 4.69) is 29.5 Å². The summed E-state index contributed by atoms with van der Waals surface area (Å²) >= 11 is 5.97. The number of rotatable bonds is 6. The van der Waals surface area contributed by atoms with Gasteiger partial charge < -0.3 is 10.1 Å². The Hall–Kier alpha value is -2.30. The summed E-state index contributed by atoms with van der Waals surface area (Å²) in [6, 6.07) is 15.8. The molecule has 0 bridgehead atoms. The SMILES string of the molecule is COc1ccc(CNCc2c(C)nn(-c3ccc(Cl)cc3)c2C)cc1. The minimum Gasteiger partial charge on any atom is -0.497 e. The number of nitrogens with zero attached hydrogens (tertiary/aromatic N) is 2. The molecule has 130 valence electrons. The molecule has 1 heterocycles. The molecule has 0 aliphatic carbocycles. The number of aryl methyl sites for hydroxylation is 1. The lowest BCUT2D eigenvalue weighted by atomic mass is 10.1. The first kappa shape index (κ1) is 17.5. The van der Waals surface area contributed by atoms with E-state index in [1.165, 1.54) is 11.1 Å². The van der Waals surface area contributed by atoms with Crippen molar-refractivity contribution in [1.29, 1.82) is 0 Å². The van der Waals surface area contributed by atoms with Gasteiger partial charge in [-0.25, -0.2) is 4.68 Å². The van der Waals surface area contributed by atoms with Crippen LogP contribution in [0.2, 0.25) is 5.02 Å². The number of methoxy groups -OCH3 is 1. The van der Waals surface area contributed by atoms with Gasteiger partial charge in [-0.2, -0.15) is 5.10 Å². The molecule has 0 saturated carbocycles. The highest BCUT2D eigenvalue weighted by Crippen LogP contribution is 2.20. The van der Waals surface area contributed by atoms with Crippen LogP contribution in [0.4, 0.5) is 0 Å². The van der Waals surface area contributed by atoms with E-state index in [0.29, 0.717) is 0 Å².